The standard InChI is InChI=1S/C22H24N2O3S/c1-13(2)21(15-5-7-16(8-6-15)22(26)24-27)23-20(25)11-17-12-28-19-9-4-14(3)10-18(17)19/h4-10,12-13,21,27H,11H2,1-3H3,(H,23,25)(H,24,26). The predicted molar refractivity (Wildman–Crippen MR) is 112 cm³/mol. The van der Waals surface area contributed by atoms with Crippen molar-refractivity contribution in [2.75, 3.05) is 0 Å². The first kappa shape index (κ1) is 20.0. The Morgan fingerprint density at radius 2 is 1.82 bits per heavy atom. The Morgan fingerprint density at radius 3 is 2.46 bits per heavy atom. The molecule has 0 saturated carbocycles. The molecule has 0 aliphatic heterocycles. The first-order valence-corrected chi connectivity index (χ1v) is 10.1. The third-order valence-corrected chi connectivity index (χ3v) is 5.79. The minimum Gasteiger partial charge on any atom is -0.349 e. The van der Waals surface area contributed by atoms with Gasteiger partial charge in [-0.05, 0) is 52.9 Å². The largest absolute Gasteiger partial charge is 0.349 e. The molecule has 1 atom stereocenters. The van der Waals surface area contributed by atoms with Gasteiger partial charge in [0.2, 0.25) is 5.91 Å². The van der Waals surface area contributed by atoms with Crippen LogP contribution in [0.1, 0.15) is 46.9 Å². The summed E-state index contributed by atoms with van der Waals surface area (Å²) in [5.74, 6) is -0.406. The first-order chi connectivity index (χ1) is 13.4. The van der Waals surface area contributed by atoms with Crippen molar-refractivity contribution >= 4 is 33.2 Å². The molecule has 28 heavy (non-hydrogen) atoms. The molecule has 146 valence electrons. The van der Waals surface area contributed by atoms with E-state index in [9.17, 15) is 9.59 Å². The van der Waals surface area contributed by atoms with Crippen LogP contribution in [0.25, 0.3) is 10.1 Å². The van der Waals surface area contributed by atoms with E-state index in [1.807, 2.05) is 13.8 Å². The average Bonchev–Trinajstić information content (AvgIpc) is 3.07. The van der Waals surface area contributed by atoms with E-state index in [-0.39, 0.29) is 17.9 Å². The molecule has 0 spiro atoms. The van der Waals surface area contributed by atoms with Crippen LogP contribution in [0.4, 0.5) is 0 Å². The first-order valence-electron chi connectivity index (χ1n) is 9.19. The molecule has 3 rings (SSSR count). The van der Waals surface area contributed by atoms with Crippen LogP contribution in [-0.4, -0.2) is 17.0 Å². The Kier molecular flexibility index (Phi) is 6.11. The summed E-state index contributed by atoms with van der Waals surface area (Å²) in [5, 5.41) is 15.1. The number of hydrogen-bond acceptors (Lipinski definition) is 4. The minimum absolute atomic E-state index is 0.0305. The molecule has 6 heteroatoms. The Labute approximate surface area is 168 Å². The smallest absolute Gasteiger partial charge is 0.274 e. The van der Waals surface area contributed by atoms with Gasteiger partial charge >= 0.3 is 0 Å². The molecule has 0 aliphatic carbocycles. The van der Waals surface area contributed by atoms with Gasteiger partial charge in [0.05, 0.1) is 12.5 Å². The normalized spacial score (nSPS) is 12.2. The molecule has 1 heterocycles. The van der Waals surface area contributed by atoms with Crippen molar-refractivity contribution in [3.8, 4) is 0 Å². The maximum atomic E-state index is 12.7. The second-order valence-electron chi connectivity index (χ2n) is 7.29. The number of hydrogen-bond donors (Lipinski definition) is 3. The molecular weight excluding hydrogens is 372 g/mol. The van der Waals surface area contributed by atoms with Crippen molar-refractivity contribution in [2.45, 2.75) is 33.2 Å². The van der Waals surface area contributed by atoms with Gasteiger partial charge in [-0.15, -0.1) is 11.3 Å². The van der Waals surface area contributed by atoms with Crippen LogP contribution in [0.2, 0.25) is 0 Å². The molecule has 0 fully saturated rings. The number of amides is 2. The molecule has 1 unspecified atom stereocenters. The summed E-state index contributed by atoms with van der Waals surface area (Å²) in [6, 6.07) is 13.0. The fourth-order valence-electron chi connectivity index (χ4n) is 3.27. The lowest BCUT2D eigenvalue weighted by atomic mass is 9.94. The zero-order valence-corrected chi connectivity index (χ0v) is 17.0. The van der Waals surface area contributed by atoms with E-state index in [0.717, 1.165) is 16.5 Å². The summed E-state index contributed by atoms with van der Waals surface area (Å²) in [7, 11) is 0. The second-order valence-corrected chi connectivity index (χ2v) is 8.20. The van der Waals surface area contributed by atoms with E-state index in [4.69, 9.17) is 5.21 Å². The minimum atomic E-state index is -0.559. The summed E-state index contributed by atoms with van der Waals surface area (Å²) >= 11 is 1.65. The van der Waals surface area contributed by atoms with Gasteiger partial charge in [-0.3, -0.25) is 14.8 Å². The molecule has 3 N–H and O–H groups in total. The summed E-state index contributed by atoms with van der Waals surface area (Å²) in [4.78, 5) is 24.2. The van der Waals surface area contributed by atoms with Crippen molar-refractivity contribution in [1.82, 2.24) is 10.8 Å². The Balaban J connectivity index is 1.75. The van der Waals surface area contributed by atoms with Gasteiger partial charge in [0.15, 0.2) is 0 Å². The lowest BCUT2D eigenvalue weighted by Crippen LogP contribution is -2.32. The van der Waals surface area contributed by atoms with E-state index in [2.05, 4.69) is 35.8 Å². The molecular formula is C22H24N2O3S. The highest BCUT2D eigenvalue weighted by molar-refractivity contribution is 7.17. The lowest BCUT2D eigenvalue weighted by Gasteiger charge is -2.23. The number of benzene rings is 2. The van der Waals surface area contributed by atoms with E-state index in [0.29, 0.717) is 12.0 Å². The second kappa shape index (κ2) is 8.54. The van der Waals surface area contributed by atoms with E-state index >= 15 is 0 Å². The third kappa shape index (κ3) is 4.40. The van der Waals surface area contributed by atoms with E-state index in [1.165, 1.54) is 10.3 Å². The number of aryl methyl sites for hydroxylation is 1. The molecule has 0 bridgehead atoms. The Hall–Kier alpha value is -2.70. The van der Waals surface area contributed by atoms with Crippen molar-refractivity contribution in [2.24, 2.45) is 5.92 Å². The highest BCUT2D eigenvalue weighted by atomic mass is 32.1. The molecule has 5 nitrogen and oxygen atoms in total. The van der Waals surface area contributed by atoms with Crippen LogP contribution in [-0.2, 0) is 11.2 Å². The summed E-state index contributed by atoms with van der Waals surface area (Å²) in [6.07, 6.45) is 0.331. The zero-order valence-electron chi connectivity index (χ0n) is 16.2. The van der Waals surface area contributed by atoms with Gasteiger partial charge in [0.25, 0.3) is 5.91 Å². The fourth-order valence-corrected chi connectivity index (χ4v) is 4.21. The highest BCUT2D eigenvalue weighted by Gasteiger charge is 2.20. The topological polar surface area (TPSA) is 78.4 Å². The number of nitrogens with one attached hydrogen (secondary N) is 2. The summed E-state index contributed by atoms with van der Waals surface area (Å²) in [6.45, 7) is 6.14. The van der Waals surface area contributed by atoms with Crippen LogP contribution in [0.5, 0.6) is 0 Å². The number of rotatable bonds is 6. The fraction of sp³-hybridized carbons (Fsp3) is 0.273. The molecule has 2 amide bonds. The average molecular weight is 397 g/mol. The number of carbonyl (C=O) groups is 2. The van der Waals surface area contributed by atoms with Gasteiger partial charge in [0, 0.05) is 10.3 Å². The molecule has 0 radical (unpaired) electrons. The number of hydroxylamine groups is 1. The van der Waals surface area contributed by atoms with Gasteiger partial charge in [0.1, 0.15) is 0 Å². The van der Waals surface area contributed by atoms with Crippen LogP contribution < -0.4 is 10.8 Å². The summed E-state index contributed by atoms with van der Waals surface area (Å²) in [5.41, 5.74) is 5.12. The SMILES string of the molecule is Cc1ccc2scc(CC(=O)NC(c3ccc(C(=O)NO)cc3)C(C)C)c2c1. The highest BCUT2D eigenvalue weighted by Crippen LogP contribution is 2.28. The van der Waals surface area contributed by atoms with Crippen molar-refractivity contribution in [3.63, 3.8) is 0 Å². The van der Waals surface area contributed by atoms with Crippen molar-refractivity contribution < 1.29 is 14.8 Å². The monoisotopic (exact) mass is 396 g/mol. The maximum Gasteiger partial charge on any atom is 0.274 e. The predicted octanol–water partition coefficient (Wildman–Crippen LogP) is 4.38. The van der Waals surface area contributed by atoms with Crippen LogP contribution in [0, 0.1) is 12.8 Å². The van der Waals surface area contributed by atoms with Crippen molar-refractivity contribution in [1.29, 1.82) is 0 Å². The van der Waals surface area contributed by atoms with Crippen LogP contribution >= 0.6 is 11.3 Å². The van der Waals surface area contributed by atoms with Gasteiger partial charge in [-0.1, -0.05) is 43.7 Å². The van der Waals surface area contributed by atoms with Gasteiger partial charge in [-0.25, -0.2) is 5.48 Å². The molecule has 3 aromatic rings. The number of carbonyl (C=O) groups excluding carboxylic acids is 2. The molecule has 0 aliphatic rings. The maximum absolute atomic E-state index is 12.7. The zero-order chi connectivity index (χ0) is 20.3. The molecule has 2 aromatic carbocycles. The number of fused-ring (bicyclic) bond motifs is 1. The quantitative estimate of drug-likeness (QED) is 0.427. The molecule has 0 saturated heterocycles. The van der Waals surface area contributed by atoms with Gasteiger partial charge < -0.3 is 5.32 Å². The van der Waals surface area contributed by atoms with E-state index < -0.39 is 5.91 Å². The lowest BCUT2D eigenvalue weighted by molar-refractivity contribution is -0.121. The van der Waals surface area contributed by atoms with Gasteiger partial charge in [-0.2, -0.15) is 0 Å². The van der Waals surface area contributed by atoms with Crippen LogP contribution in [0.3, 0.4) is 0 Å². The Bertz CT molecular complexity index is 993. The van der Waals surface area contributed by atoms with Crippen LogP contribution in [0.15, 0.2) is 47.8 Å². The van der Waals surface area contributed by atoms with Crippen molar-refractivity contribution in [3.05, 3.63) is 70.1 Å². The van der Waals surface area contributed by atoms with E-state index in [1.54, 1.807) is 41.1 Å². The third-order valence-electron chi connectivity index (χ3n) is 4.78. The Morgan fingerprint density at radius 1 is 1.11 bits per heavy atom. The molecule has 1 aromatic heterocycles. The summed E-state index contributed by atoms with van der Waals surface area (Å²) < 4.78 is 1.19. The number of thiophene rings is 1.